The predicted molar refractivity (Wildman–Crippen MR) is 136 cm³/mol. The van der Waals surface area contributed by atoms with Gasteiger partial charge in [-0.2, -0.15) is 0 Å². The van der Waals surface area contributed by atoms with Crippen LogP contribution in [0.2, 0.25) is 5.02 Å². The second-order valence-corrected chi connectivity index (χ2v) is 8.77. The Morgan fingerprint density at radius 2 is 1.80 bits per heavy atom. The number of rotatable bonds is 4. The molecule has 0 saturated heterocycles. The molecule has 5 nitrogen and oxygen atoms in total. The average Bonchev–Trinajstić information content (AvgIpc) is 3.32. The molecule has 0 aliphatic rings. The molecule has 0 bridgehead atoms. The third-order valence-corrected chi connectivity index (χ3v) is 6.47. The van der Waals surface area contributed by atoms with Crippen LogP contribution in [0, 0.1) is 12.3 Å². The van der Waals surface area contributed by atoms with Crippen molar-refractivity contribution in [3.63, 3.8) is 0 Å². The van der Waals surface area contributed by atoms with Gasteiger partial charge >= 0.3 is 0 Å². The summed E-state index contributed by atoms with van der Waals surface area (Å²) in [5.41, 5.74) is 1.19. The minimum absolute atomic E-state index is 0.227. The summed E-state index contributed by atoms with van der Waals surface area (Å²) in [6.45, 7) is 0. The molecule has 0 spiro atoms. The molecule has 3 heterocycles. The van der Waals surface area contributed by atoms with Gasteiger partial charge in [-0.1, -0.05) is 41.8 Å². The van der Waals surface area contributed by atoms with Crippen molar-refractivity contribution in [1.82, 2.24) is 19.1 Å². The number of terminal acetylenes is 1. The number of alkyl halides is 1. The van der Waals surface area contributed by atoms with E-state index in [1.807, 2.05) is 24.3 Å². The number of imidazole rings is 1. The van der Waals surface area contributed by atoms with Gasteiger partial charge in [-0.05, 0) is 47.0 Å². The molecule has 172 valence electrons. The number of aryl methyl sites for hydroxylation is 2. The Bertz CT molecular complexity index is 1680. The third-order valence-electron chi connectivity index (χ3n) is 6.22. The smallest absolute Gasteiger partial charge is 0.252 e. The first-order chi connectivity index (χ1) is 16.8. The van der Waals surface area contributed by atoms with Crippen molar-refractivity contribution in [2.75, 3.05) is 0 Å². The molecule has 5 aromatic rings. The molecule has 0 aliphatic carbocycles. The van der Waals surface area contributed by atoms with Crippen molar-refractivity contribution < 1.29 is 4.39 Å². The molecule has 0 radical (unpaired) electrons. The van der Waals surface area contributed by atoms with Crippen molar-refractivity contribution in [1.29, 1.82) is 0 Å². The SMILES string of the molecule is C#Cc1cccc(-c2cc(=O)n(C)c3ncc([C@](F)(c4ccc(Cl)cc4)c4cncn4C)cc23)c1. The summed E-state index contributed by atoms with van der Waals surface area (Å²) in [5, 5.41) is 1.13. The zero-order chi connectivity index (χ0) is 24.7. The van der Waals surface area contributed by atoms with Gasteiger partial charge in [0.05, 0.1) is 18.2 Å². The van der Waals surface area contributed by atoms with Crippen LogP contribution in [-0.2, 0) is 19.8 Å². The first kappa shape index (κ1) is 22.6. The van der Waals surface area contributed by atoms with Crippen LogP contribution in [0.4, 0.5) is 4.39 Å². The van der Waals surface area contributed by atoms with Crippen LogP contribution in [0.1, 0.15) is 22.4 Å². The quantitative estimate of drug-likeness (QED) is 0.330. The third kappa shape index (κ3) is 3.71. The molecule has 35 heavy (non-hydrogen) atoms. The van der Waals surface area contributed by atoms with Gasteiger partial charge in [0.15, 0.2) is 0 Å². The predicted octanol–water partition coefficient (Wildman–Crippen LogP) is 5.23. The highest BCUT2D eigenvalue weighted by Gasteiger charge is 2.40. The summed E-state index contributed by atoms with van der Waals surface area (Å²) >= 11 is 6.09. The lowest BCUT2D eigenvalue weighted by atomic mass is 9.85. The lowest BCUT2D eigenvalue weighted by molar-refractivity contribution is 0.266. The molecule has 0 amide bonds. The first-order valence-corrected chi connectivity index (χ1v) is 11.2. The Hall–Kier alpha value is -4.21. The molecule has 0 saturated carbocycles. The van der Waals surface area contributed by atoms with E-state index in [2.05, 4.69) is 15.9 Å². The van der Waals surface area contributed by atoms with Crippen molar-refractivity contribution in [2.24, 2.45) is 14.1 Å². The fraction of sp³-hybridized carbons (Fsp3) is 0.107. The van der Waals surface area contributed by atoms with Crippen LogP contribution in [0.5, 0.6) is 0 Å². The van der Waals surface area contributed by atoms with Gasteiger partial charge in [-0.15, -0.1) is 6.42 Å². The van der Waals surface area contributed by atoms with Gasteiger partial charge < -0.3 is 4.57 Å². The average molecular weight is 483 g/mol. The van der Waals surface area contributed by atoms with Crippen LogP contribution in [0.25, 0.3) is 22.2 Å². The molecular formula is C28H20ClFN4O. The number of halogens is 2. The van der Waals surface area contributed by atoms with Gasteiger partial charge in [-0.3, -0.25) is 9.36 Å². The highest BCUT2D eigenvalue weighted by atomic mass is 35.5. The van der Waals surface area contributed by atoms with Crippen molar-refractivity contribution in [2.45, 2.75) is 5.67 Å². The monoisotopic (exact) mass is 482 g/mol. The molecule has 1 atom stereocenters. The van der Waals surface area contributed by atoms with E-state index in [1.165, 1.54) is 23.0 Å². The topological polar surface area (TPSA) is 52.7 Å². The number of nitrogens with zero attached hydrogens (tertiary/aromatic N) is 4. The molecule has 0 N–H and O–H groups in total. The Morgan fingerprint density at radius 1 is 1.03 bits per heavy atom. The molecule has 0 fully saturated rings. The van der Waals surface area contributed by atoms with Gasteiger partial charge in [0.2, 0.25) is 5.67 Å². The van der Waals surface area contributed by atoms with E-state index in [0.29, 0.717) is 44.0 Å². The maximum absolute atomic E-state index is 17.3. The van der Waals surface area contributed by atoms with E-state index in [1.54, 1.807) is 55.3 Å². The van der Waals surface area contributed by atoms with Crippen molar-refractivity contribution in [3.8, 4) is 23.5 Å². The number of hydrogen-bond donors (Lipinski definition) is 0. The van der Waals surface area contributed by atoms with Crippen molar-refractivity contribution >= 4 is 22.6 Å². The van der Waals surface area contributed by atoms with Crippen LogP contribution >= 0.6 is 11.6 Å². The molecule has 7 heteroatoms. The van der Waals surface area contributed by atoms with Crippen LogP contribution in [0.15, 0.2) is 84.2 Å². The van der Waals surface area contributed by atoms with Crippen LogP contribution < -0.4 is 5.56 Å². The van der Waals surface area contributed by atoms with Gasteiger partial charge in [0, 0.05) is 47.9 Å². The van der Waals surface area contributed by atoms with Crippen LogP contribution in [0.3, 0.4) is 0 Å². The number of pyridine rings is 2. The van der Waals surface area contributed by atoms with E-state index >= 15 is 4.39 Å². The largest absolute Gasteiger partial charge is 0.334 e. The standard InChI is InChI=1S/C28H20ClFN4O/c1-4-18-6-5-7-19(12-18)23-14-26(35)34(3)27-24(23)13-21(15-32-27)28(30,25-16-31-17-33(25)2)20-8-10-22(29)11-9-20/h1,5-17H,2-3H3/t28-/m1/s1. The number of fused-ring (bicyclic) bond motifs is 1. The summed E-state index contributed by atoms with van der Waals surface area (Å²) in [6, 6.07) is 17.2. The van der Waals surface area contributed by atoms with E-state index in [4.69, 9.17) is 18.0 Å². The second-order valence-electron chi connectivity index (χ2n) is 8.33. The maximum atomic E-state index is 17.3. The van der Waals surface area contributed by atoms with Gasteiger partial charge in [-0.25, -0.2) is 14.4 Å². The van der Waals surface area contributed by atoms with E-state index in [-0.39, 0.29) is 5.56 Å². The first-order valence-electron chi connectivity index (χ1n) is 10.8. The summed E-state index contributed by atoms with van der Waals surface area (Å²) in [7, 11) is 3.38. The lowest BCUT2D eigenvalue weighted by Gasteiger charge is -2.27. The highest BCUT2D eigenvalue weighted by molar-refractivity contribution is 6.30. The van der Waals surface area contributed by atoms with E-state index < -0.39 is 5.67 Å². The van der Waals surface area contributed by atoms with Crippen molar-refractivity contribution in [3.05, 3.63) is 117 Å². The van der Waals surface area contributed by atoms with E-state index in [0.717, 1.165) is 5.56 Å². The Labute approximate surface area is 206 Å². The number of aromatic nitrogens is 4. The normalized spacial score (nSPS) is 12.9. The lowest BCUT2D eigenvalue weighted by Crippen LogP contribution is -2.27. The van der Waals surface area contributed by atoms with E-state index in [9.17, 15) is 4.79 Å². The summed E-state index contributed by atoms with van der Waals surface area (Å²) in [6.07, 6.45) is 10.1. The maximum Gasteiger partial charge on any atom is 0.252 e. The number of hydrogen-bond acceptors (Lipinski definition) is 3. The highest BCUT2D eigenvalue weighted by Crippen LogP contribution is 2.42. The van der Waals surface area contributed by atoms with Crippen LogP contribution in [-0.4, -0.2) is 19.1 Å². The minimum Gasteiger partial charge on any atom is -0.334 e. The fourth-order valence-electron chi connectivity index (χ4n) is 4.36. The Kier molecular flexibility index (Phi) is 5.50. The molecule has 2 aromatic carbocycles. The summed E-state index contributed by atoms with van der Waals surface area (Å²) in [4.78, 5) is 21.4. The van der Waals surface area contributed by atoms with Gasteiger partial charge in [0.25, 0.3) is 5.56 Å². The number of benzene rings is 2. The zero-order valence-electron chi connectivity index (χ0n) is 19.0. The fourth-order valence-corrected chi connectivity index (χ4v) is 4.49. The Balaban J connectivity index is 1.84. The molecule has 5 rings (SSSR count). The molecule has 3 aromatic heterocycles. The summed E-state index contributed by atoms with van der Waals surface area (Å²) in [5.74, 6) is 2.62. The molecule has 0 aliphatic heterocycles. The second kappa shape index (κ2) is 8.53. The zero-order valence-corrected chi connectivity index (χ0v) is 19.8. The molecular weight excluding hydrogens is 463 g/mol. The summed E-state index contributed by atoms with van der Waals surface area (Å²) < 4.78 is 20.4. The minimum atomic E-state index is -2.08. The van der Waals surface area contributed by atoms with Gasteiger partial charge in [0.1, 0.15) is 5.65 Å². The Morgan fingerprint density at radius 3 is 2.49 bits per heavy atom. The molecule has 0 unspecified atom stereocenters.